The summed E-state index contributed by atoms with van der Waals surface area (Å²) in [5.41, 5.74) is 13.3. The van der Waals surface area contributed by atoms with Crippen LogP contribution in [0, 0.1) is 11.7 Å². The van der Waals surface area contributed by atoms with Gasteiger partial charge in [-0.1, -0.05) is 18.2 Å². The van der Waals surface area contributed by atoms with Gasteiger partial charge in [-0.2, -0.15) is 0 Å². The van der Waals surface area contributed by atoms with E-state index in [2.05, 4.69) is 15.0 Å². The molecule has 0 saturated heterocycles. The molecule has 0 amide bonds. The SMILES string of the molecule is COc1ccc(C2=NC(N)C(Cc3ccccc3F)C(N)=N2)nc1. The maximum absolute atomic E-state index is 13.8. The summed E-state index contributed by atoms with van der Waals surface area (Å²) in [7, 11) is 1.56. The topological polar surface area (TPSA) is 98.9 Å². The molecule has 0 bridgehead atoms. The van der Waals surface area contributed by atoms with Gasteiger partial charge in [-0.05, 0) is 30.2 Å². The van der Waals surface area contributed by atoms with Gasteiger partial charge in [0.2, 0.25) is 0 Å². The predicted octanol–water partition coefficient (Wildman–Crippen LogP) is 1.49. The van der Waals surface area contributed by atoms with Crippen LogP contribution in [-0.2, 0) is 6.42 Å². The van der Waals surface area contributed by atoms with E-state index in [9.17, 15) is 4.39 Å². The number of rotatable bonds is 4. The van der Waals surface area contributed by atoms with Gasteiger partial charge in [-0.3, -0.25) is 0 Å². The molecular formula is C17H18FN5O. The number of nitrogens with two attached hydrogens (primary N) is 2. The number of amidine groups is 2. The van der Waals surface area contributed by atoms with Gasteiger partial charge in [0, 0.05) is 0 Å². The minimum atomic E-state index is -0.610. The smallest absolute Gasteiger partial charge is 0.176 e. The fourth-order valence-electron chi connectivity index (χ4n) is 2.52. The molecular weight excluding hydrogens is 309 g/mol. The van der Waals surface area contributed by atoms with Crippen molar-refractivity contribution < 1.29 is 9.13 Å². The van der Waals surface area contributed by atoms with Gasteiger partial charge in [0.1, 0.15) is 29.3 Å². The molecule has 0 radical (unpaired) electrons. The molecule has 0 spiro atoms. The highest BCUT2D eigenvalue weighted by Gasteiger charge is 2.28. The standard InChI is InChI=1S/C17H18FN5O/c1-24-11-6-7-14(21-9-11)17-22-15(19)12(16(20)23-17)8-10-4-2-3-5-13(10)18/h2-7,9,12,15H,8,19H2,1H3,(H2,20,22,23). The molecule has 1 aromatic heterocycles. The zero-order chi connectivity index (χ0) is 17.1. The van der Waals surface area contributed by atoms with Crippen molar-refractivity contribution in [3.8, 4) is 5.75 Å². The number of benzene rings is 1. The predicted molar refractivity (Wildman–Crippen MR) is 90.5 cm³/mol. The molecule has 0 fully saturated rings. The average molecular weight is 327 g/mol. The van der Waals surface area contributed by atoms with E-state index in [-0.39, 0.29) is 11.7 Å². The first-order chi connectivity index (χ1) is 11.6. The van der Waals surface area contributed by atoms with Gasteiger partial charge in [-0.25, -0.2) is 19.4 Å². The van der Waals surface area contributed by atoms with Crippen LogP contribution in [0.4, 0.5) is 4.39 Å². The monoisotopic (exact) mass is 327 g/mol. The lowest BCUT2D eigenvalue weighted by Crippen LogP contribution is -2.43. The minimum absolute atomic E-state index is 0.288. The van der Waals surface area contributed by atoms with Crippen molar-refractivity contribution >= 4 is 11.7 Å². The molecule has 2 aromatic rings. The highest BCUT2D eigenvalue weighted by molar-refractivity contribution is 6.07. The Kier molecular flexibility index (Phi) is 4.52. The van der Waals surface area contributed by atoms with E-state index in [1.165, 1.54) is 6.07 Å². The molecule has 0 saturated carbocycles. The fourth-order valence-corrected chi connectivity index (χ4v) is 2.52. The van der Waals surface area contributed by atoms with Crippen LogP contribution in [0.1, 0.15) is 11.3 Å². The first-order valence-electron chi connectivity index (χ1n) is 7.49. The van der Waals surface area contributed by atoms with Crippen molar-refractivity contribution in [2.45, 2.75) is 12.6 Å². The Morgan fingerprint density at radius 3 is 2.62 bits per heavy atom. The van der Waals surface area contributed by atoms with Gasteiger partial charge in [0.15, 0.2) is 5.84 Å². The number of aliphatic imine (C=N–C) groups is 2. The molecule has 124 valence electrons. The quantitative estimate of drug-likeness (QED) is 0.888. The Bertz CT molecular complexity index is 788. The molecule has 2 atom stereocenters. The average Bonchev–Trinajstić information content (AvgIpc) is 2.59. The molecule has 1 aromatic carbocycles. The maximum Gasteiger partial charge on any atom is 0.176 e. The van der Waals surface area contributed by atoms with Crippen LogP contribution in [0.5, 0.6) is 5.75 Å². The van der Waals surface area contributed by atoms with Gasteiger partial charge in [0.05, 0.1) is 19.2 Å². The molecule has 24 heavy (non-hydrogen) atoms. The second kappa shape index (κ2) is 6.76. The summed E-state index contributed by atoms with van der Waals surface area (Å²) in [5.74, 6) is 0.683. The normalized spacial score (nSPS) is 20.3. The fraction of sp³-hybridized carbons (Fsp3) is 0.235. The zero-order valence-electron chi connectivity index (χ0n) is 13.2. The Morgan fingerprint density at radius 1 is 1.21 bits per heavy atom. The lowest BCUT2D eigenvalue weighted by Gasteiger charge is -2.25. The van der Waals surface area contributed by atoms with Crippen molar-refractivity contribution in [2.75, 3.05) is 7.11 Å². The third-order valence-corrected chi connectivity index (χ3v) is 3.90. The van der Waals surface area contributed by atoms with Crippen molar-refractivity contribution in [3.63, 3.8) is 0 Å². The molecule has 6 nitrogen and oxygen atoms in total. The van der Waals surface area contributed by atoms with Crippen LogP contribution in [0.2, 0.25) is 0 Å². The second-order valence-corrected chi connectivity index (χ2v) is 5.47. The largest absolute Gasteiger partial charge is 0.495 e. The van der Waals surface area contributed by atoms with Crippen molar-refractivity contribution in [1.82, 2.24) is 4.98 Å². The van der Waals surface area contributed by atoms with E-state index in [1.807, 2.05) is 0 Å². The summed E-state index contributed by atoms with van der Waals surface area (Å²) >= 11 is 0. The Hall–Kier alpha value is -2.80. The van der Waals surface area contributed by atoms with Crippen molar-refractivity contribution in [1.29, 1.82) is 0 Å². The van der Waals surface area contributed by atoms with Crippen LogP contribution in [0.25, 0.3) is 0 Å². The Labute approximate surface area is 139 Å². The molecule has 7 heteroatoms. The molecule has 1 aliphatic rings. The zero-order valence-corrected chi connectivity index (χ0v) is 13.2. The van der Waals surface area contributed by atoms with Crippen molar-refractivity contribution in [3.05, 3.63) is 59.7 Å². The van der Waals surface area contributed by atoms with Gasteiger partial charge >= 0.3 is 0 Å². The number of methoxy groups -OCH3 is 1. The number of hydrogen-bond acceptors (Lipinski definition) is 6. The molecule has 0 aliphatic carbocycles. The molecule has 3 rings (SSSR count). The van der Waals surface area contributed by atoms with Crippen LogP contribution < -0.4 is 16.2 Å². The van der Waals surface area contributed by atoms with Crippen LogP contribution >= 0.6 is 0 Å². The van der Waals surface area contributed by atoms with Gasteiger partial charge < -0.3 is 16.2 Å². The molecule has 2 heterocycles. The summed E-state index contributed by atoms with van der Waals surface area (Å²) in [6.07, 6.45) is 1.30. The van der Waals surface area contributed by atoms with E-state index in [4.69, 9.17) is 16.2 Å². The first kappa shape index (κ1) is 16.1. The lowest BCUT2D eigenvalue weighted by molar-refractivity contribution is 0.413. The highest BCUT2D eigenvalue weighted by atomic mass is 19.1. The summed E-state index contributed by atoms with van der Waals surface area (Å²) in [6, 6.07) is 10.0. The van der Waals surface area contributed by atoms with E-state index < -0.39 is 6.17 Å². The van der Waals surface area contributed by atoms with Crippen LogP contribution in [0.3, 0.4) is 0 Å². The van der Waals surface area contributed by atoms with E-state index >= 15 is 0 Å². The molecule has 4 N–H and O–H groups in total. The number of aromatic nitrogens is 1. The van der Waals surface area contributed by atoms with Crippen molar-refractivity contribution in [2.24, 2.45) is 27.4 Å². The Balaban J connectivity index is 1.82. The van der Waals surface area contributed by atoms with E-state index in [1.54, 1.807) is 43.6 Å². The highest BCUT2D eigenvalue weighted by Crippen LogP contribution is 2.20. The third-order valence-electron chi connectivity index (χ3n) is 3.90. The van der Waals surface area contributed by atoms with Gasteiger partial charge in [0.25, 0.3) is 0 Å². The Morgan fingerprint density at radius 2 is 2.00 bits per heavy atom. The second-order valence-electron chi connectivity index (χ2n) is 5.47. The summed E-state index contributed by atoms with van der Waals surface area (Å²) in [4.78, 5) is 12.9. The maximum atomic E-state index is 13.8. The third kappa shape index (κ3) is 3.26. The summed E-state index contributed by atoms with van der Waals surface area (Å²) in [6.45, 7) is 0. The number of nitrogens with zero attached hydrogens (tertiary/aromatic N) is 3. The van der Waals surface area contributed by atoms with Gasteiger partial charge in [-0.15, -0.1) is 0 Å². The summed E-state index contributed by atoms with van der Waals surface area (Å²) < 4.78 is 18.9. The lowest BCUT2D eigenvalue weighted by atomic mass is 9.94. The number of pyridine rings is 1. The number of hydrogen-bond donors (Lipinski definition) is 2. The van der Waals surface area contributed by atoms with Crippen LogP contribution in [-0.4, -0.2) is 29.9 Å². The van der Waals surface area contributed by atoms with E-state index in [0.29, 0.717) is 35.1 Å². The number of halogens is 1. The summed E-state index contributed by atoms with van der Waals surface area (Å²) in [5, 5.41) is 0. The number of ether oxygens (including phenoxy) is 1. The van der Waals surface area contributed by atoms with E-state index in [0.717, 1.165) is 0 Å². The van der Waals surface area contributed by atoms with Crippen LogP contribution in [0.15, 0.2) is 52.6 Å². The molecule has 1 aliphatic heterocycles. The first-order valence-corrected chi connectivity index (χ1v) is 7.49. The minimum Gasteiger partial charge on any atom is -0.495 e. The molecule has 2 unspecified atom stereocenters.